The molecule has 0 radical (unpaired) electrons. The normalized spacial score (nSPS) is 9.91. The number of carbonyl (C=O) groups is 2. The van der Waals surface area contributed by atoms with Crippen molar-refractivity contribution in [1.82, 2.24) is 5.32 Å². The summed E-state index contributed by atoms with van der Waals surface area (Å²) < 4.78 is 20.5. The molecular formula is C15H32N2O6. The molecule has 0 unspecified atom stereocenters. The molecule has 0 bridgehead atoms. The van der Waals surface area contributed by atoms with Gasteiger partial charge in [0.2, 0.25) is 5.91 Å². The van der Waals surface area contributed by atoms with Gasteiger partial charge in [0.25, 0.3) is 0 Å². The van der Waals surface area contributed by atoms with Crippen LogP contribution in [0.15, 0.2) is 0 Å². The molecule has 0 aromatic heterocycles. The number of amides is 1. The molecule has 8 heteroatoms. The highest BCUT2D eigenvalue weighted by atomic mass is 16.5. The van der Waals surface area contributed by atoms with Crippen LogP contribution < -0.4 is 11.1 Å². The number of ether oxygens (including phenoxy) is 4. The SMILES string of the molecule is CC.CC(=O)COCC(=O)NCCOCCOCCOCCN. The lowest BCUT2D eigenvalue weighted by Gasteiger charge is -2.07. The second-order valence-electron chi connectivity index (χ2n) is 4.17. The van der Waals surface area contributed by atoms with E-state index in [1.165, 1.54) is 6.92 Å². The van der Waals surface area contributed by atoms with E-state index in [4.69, 9.17) is 24.7 Å². The number of ketones is 1. The van der Waals surface area contributed by atoms with Crippen LogP contribution in [0.2, 0.25) is 0 Å². The van der Waals surface area contributed by atoms with Crippen molar-refractivity contribution in [1.29, 1.82) is 0 Å². The van der Waals surface area contributed by atoms with E-state index in [1.807, 2.05) is 13.8 Å². The first-order valence-corrected chi connectivity index (χ1v) is 7.94. The maximum atomic E-state index is 11.2. The van der Waals surface area contributed by atoms with E-state index in [0.717, 1.165) is 0 Å². The Morgan fingerprint density at radius 3 is 1.87 bits per heavy atom. The standard InChI is InChI=1S/C13H26N2O6.C2H6/c1-12(16)10-21-11-13(17)15-3-5-19-7-9-20-8-6-18-4-2-14;1-2/h2-11,14H2,1H3,(H,15,17);1-2H3. The average molecular weight is 336 g/mol. The molecule has 8 nitrogen and oxygen atoms in total. The number of nitrogens with two attached hydrogens (primary N) is 1. The highest BCUT2D eigenvalue weighted by molar-refractivity contribution is 5.79. The van der Waals surface area contributed by atoms with Crippen molar-refractivity contribution in [3.63, 3.8) is 0 Å². The van der Waals surface area contributed by atoms with Gasteiger partial charge in [-0.05, 0) is 6.92 Å². The van der Waals surface area contributed by atoms with Crippen molar-refractivity contribution >= 4 is 11.7 Å². The van der Waals surface area contributed by atoms with Crippen molar-refractivity contribution in [3.05, 3.63) is 0 Å². The molecule has 0 aromatic rings. The second-order valence-corrected chi connectivity index (χ2v) is 4.17. The van der Waals surface area contributed by atoms with Gasteiger partial charge >= 0.3 is 0 Å². The van der Waals surface area contributed by atoms with Crippen molar-refractivity contribution in [2.45, 2.75) is 20.8 Å². The van der Waals surface area contributed by atoms with Gasteiger partial charge in [0.15, 0.2) is 5.78 Å². The van der Waals surface area contributed by atoms with E-state index in [1.54, 1.807) is 0 Å². The zero-order chi connectivity index (χ0) is 17.8. The fraction of sp³-hybridized carbons (Fsp3) is 0.867. The summed E-state index contributed by atoms with van der Waals surface area (Å²) in [7, 11) is 0. The monoisotopic (exact) mass is 336 g/mol. The Bertz CT molecular complexity index is 277. The van der Waals surface area contributed by atoms with Crippen LogP contribution in [0.25, 0.3) is 0 Å². The lowest BCUT2D eigenvalue weighted by molar-refractivity contribution is -0.129. The van der Waals surface area contributed by atoms with Gasteiger partial charge in [-0.15, -0.1) is 0 Å². The van der Waals surface area contributed by atoms with E-state index < -0.39 is 0 Å². The molecule has 0 rings (SSSR count). The summed E-state index contributed by atoms with van der Waals surface area (Å²) >= 11 is 0. The molecule has 0 spiro atoms. The summed E-state index contributed by atoms with van der Waals surface area (Å²) in [5, 5.41) is 2.61. The van der Waals surface area contributed by atoms with E-state index >= 15 is 0 Å². The van der Waals surface area contributed by atoms with E-state index in [2.05, 4.69) is 5.32 Å². The number of nitrogens with one attached hydrogen (secondary N) is 1. The number of carbonyl (C=O) groups excluding carboxylic acids is 2. The Kier molecular flexibility index (Phi) is 22.0. The Labute approximate surface area is 139 Å². The zero-order valence-corrected chi connectivity index (χ0v) is 14.6. The molecule has 0 aliphatic heterocycles. The molecule has 1 amide bonds. The number of hydrogen-bond donors (Lipinski definition) is 2. The van der Waals surface area contributed by atoms with Crippen LogP contribution in [-0.2, 0) is 28.5 Å². The minimum atomic E-state index is -0.270. The third kappa shape index (κ3) is 23.3. The molecule has 0 aliphatic rings. The third-order valence-electron chi connectivity index (χ3n) is 2.11. The molecule has 0 saturated carbocycles. The summed E-state index contributed by atoms with van der Waals surface area (Å²) in [6, 6.07) is 0. The zero-order valence-electron chi connectivity index (χ0n) is 14.6. The number of rotatable bonds is 15. The predicted octanol–water partition coefficient (Wildman–Crippen LogP) is -0.257. The third-order valence-corrected chi connectivity index (χ3v) is 2.11. The first kappa shape index (κ1) is 24.2. The van der Waals surface area contributed by atoms with Crippen LogP contribution in [0.3, 0.4) is 0 Å². The maximum absolute atomic E-state index is 11.2. The predicted molar refractivity (Wildman–Crippen MR) is 87.4 cm³/mol. The van der Waals surface area contributed by atoms with Gasteiger partial charge in [0, 0.05) is 13.1 Å². The quantitative estimate of drug-likeness (QED) is 0.397. The summed E-state index contributed by atoms with van der Waals surface area (Å²) in [5.74, 6) is -0.382. The maximum Gasteiger partial charge on any atom is 0.246 e. The van der Waals surface area contributed by atoms with Crippen LogP contribution >= 0.6 is 0 Å². The van der Waals surface area contributed by atoms with Gasteiger partial charge < -0.3 is 30.0 Å². The van der Waals surface area contributed by atoms with Gasteiger partial charge in [0.05, 0.1) is 39.6 Å². The molecule has 138 valence electrons. The van der Waals surface area contributed by atoms with Gasteiger partial charge in [-0.1, -0.05) is 13.8 Å². The van der Waals surface area contributed by atoms with E-state index in [-0.39, 0.29) is 24.9 Å². The lowest BCUT2D eigenvalue weighted by atomic mass is 10.5. The summed E-state index contributed by atoms with van der Waals surface area (Å²) in [6.45, 7) is 9.02. The fourth-order valence-electron chi connectivity index (χ4n) is 1.23. The van der Waals surface area contributed by atoms with Crippen LogP contribution in [0.4, 0.5) is 0 Å². The molecule has 0 atom stereocenters. The van der Waals surface area contributed by atoms with Crippen LogP contribution in [-0.4, -0.2) is 77.6 Å². The molecule has 0 saturated heterocycles. The van der Waals surface area contributed by atoms with Gasteiger partial charge in [0.1, 0.15) is 13.2 Å². The van der Waals surface area contributed by atoms with Crippen molar-refractivity contribution in [2.24, 2.45) is 5.73 Å². The first-order chi connectivity index (χ1) is 11.2. The fourth-order valence-corrected chi connectivity index (χ4v) is 1.23. The topological polar surface area (TPSA) is 109 Å². The summed E-state index contributed by atoms with van der Waals surface area (Å²) in [6.07, 6.45) is 0. The van der Waals surface area contributed by atoms with Gasteiger partial charge in [-0.2, -0.15) is 0 Å². The van der Waals surface area contributed by atoms with Crippen molar-refractivity contribution in [3.8, 4) is 0 Å². The van der Waals surface area contributed by atoms with Crippen molar-refractivity contribution < 1.29 is 28.5 Å². The smallest absolute Gasteiger partial charge is 0.246 e. The largest absolute Gasteiger partial charge is 0.378 e. The van der Waals surface area contributed by atoms with Gasteiger partial charge in [-0.25, -0.2) is 0 Å². The first-order valence-electron chi connectivity index (χ1n) is 7.94. The highest BCUT2D eigenvalue weighted by Gasteiger charge is 2.01. The molecule has 0 fully saturated rings. The molecule has 0 heterocycles. The average Bonchev–Trinajstić information content (AvgIpc) is 2.54. The Morgan fingerprint density at radius 1 is 0.826 bits per heavy atom. The van der Waals surface area contributed by atoms with E-state index in [0.29, 0.717) is 52.7 Å². The van der Waals surface area contributed by atoms with Gasteiger partial charge in [-0.3, -0.25) is 9.59 Å². The molecule has 3 N–H and O–H groups in total. The summed E-state index contributed by atoms with van der Waals surface area (Å²) in [4.78, 5) is 21.8. The van der Waals surface area contributed by atoms with Crippen LogP contribution in [0, 0.1) is 0 Å². The van der Waals surface area contributed by atoms with E-state index in [9.17, 15) is 9.59 Å². The number of hydrogen-bond acceptors (Lipinski definition) is 7. The highest BCUT2D eigenvalue weighted by Crippen LogP contribution is 1.81. The molecular weight excluding hydrogens is 304 g/mol. The summed E-state index contributed by atoms with van der Waals surface area (Å²) in [5.41, 5.74) is 5.26. The second kappa shape index (κ2) is 20.9. The Balaban J connectivity index is 0. The Morgan fingerprint density at radius 2 is 1.35 bits per heavy atom. The molecule has 23 heavy (non-hydrogen) atoms. The van der Waals surface area contributed by atoms with Crippen LogP contribution in [0.1, 0.15) is 20.8 Å². The molecule has 0 aliphatic carbocycles. The Hall–Kier alpha value is -1.06. The molecule has 0 aromatic carbocycles. The minimum Gasteiger partial charge on any atom is -0.378 e. The number of Topliss-reactive ketones (excluding diaryl/α,β-unsaturated/α-hetero) is 1. The lowest BCUT2D eigenvalue weighted by Crippen LogP contribution is -2.31. The van der Waals surface area contributed by atoms with Crippen molar-refractivity contribution in [2.75, 3.05) is 65.9 Å². The van der Waals surface area contributed by atoms with Crippen LogP contribution in [0.5, 0.6) is 0 Å². The minimum absolute atomic E-state index is 0.0454.